The van der Waals surface area contributed by atoms with Crippen LogP contribution in [0.15, 0.2) is 24.3 Å². The highest BCUT2D eigenvalue weighted by molar-refractivity contribution is 5.78. The van der Waals surface area contributed by atoms with Crippen LogP contribution in [0.3, 0.4) is 0 Å². The molecule has 1 rings (SSSR count). The molecule has 0 aliphatic rings. The lowest BCUT2D eigenvalue weighted by Gasteiger charge is -2.26. The molecule has 1 aromatic carbocycles. The van der Waals surface area contributed by atoms with Gasteiger partial charge in [0, 0.05) is 19.2 Å². The number of para-hydroxylation sites is 1. The van der Waals surface area contributed by atoms with Gasteiger partial charge in [0.15, 0.2) is 6.61 Å². The fourth-order valence-corrected chi connectivity index (χ4v) is 1.82. The van der Waals surface area contributed by atoms with Crippen LogP contribution in [0.4, 0.5) is 0 Å². The number of nitrogens with zero attached hydrogens (tertiary/aromatic N) is 2. The molecule has 5 heteroatoms. The predicted octanol–water partition coefficient (Wildman–Crippen LogP) is 1.56. The minimum absolute atomic E-state index is 0.0452. The summed E-state index contributed by atoms with van der Waals surface area (Å²) in [5, 5.41) is 17.8. The zero-order valence-corrected chi connectivity index (χ0v) is 11.9. The standard InChI is InChI=1S/C15H20N2O3/c1-12(2)17(8-5-9-18)15(19)11-20-14-7-4-3-6-13(14)10-16/h3-4,6-7,12,18H,5,8-9,11H2,1-2H3. The van der Waals surface area contributed by atoms with E-state index >= 15 is 0 Å². The number of ether oxygens (including phenoxy) is 1. The Kier molecular flexibility index (Phi) is 6.54. The first-order valence-electron chi connectivity index (χ1n) is 6.62. The van der Waals surface area contributed by atoms with Gasteiger partial charge in [-0.25, -0.2) is 0 Å². The molecule has 0 heterocycles. The maximum atomic E-state index is 12.1. The molecule has 0 atom stereocenters. The third-order valence-corrected chi connectivity index (χ3v) is 2.86. The van der Waals surface area contributed by atoms with Crippen LogP contribution in [0.1, 0.15) is 25.8 Å². The molecule has 0 aromatic heterocycles. The van der Waals surface area contributed by atoms with Crippen LogP contribution in [0.25, 0.3) is 0 Å². The van der Waals surface area contributed by atoms with Gasteiger partial charge in [-0.2, -0.15) is 5.26 Å². The van der Waals surface area contributed by atoms with Gasteiger partial charge in [-0.3, -0.25) is 4.79 Å². The van der Waals surface area contributed by atoms with Crippen LogP contribution in [-0.4, -0.2) is 41.7 Å². The van der Waals surface area contributed by atoms with Gasteiger partial charge in [0.1, 0.15) is 11.8 Å². The molecular formula is C15H20N2O3. The average Bonchev–Trinajstić information content (AvgIpc) is 2.45. The predicted molar refractivity (Wildman–Crippen MR) is 75.2 cm³/mol. The van der Waals surface area contributed by atoms with Gasteiger partial charge in [0.25, 0.3) is 5.91 Å². The van der Waals surface area contributed by atoms with Crippen LogP contribution < -0.4 is 4.74 Å². The number of aliphatic hydroxyl groups is 1. The number of carbonyl (C=O) groups is 1. The van der Waals surface area contributed by atoms with Gasteiger partial charge in [0.05, 0.1) is 5.56 Å². The number of rotatable bonds is 7. The number of carbonyl (C=O) groups excluding carboxylic acids is 1. The summed E-state index contributed by atoms with van der Waals surface area (Å²) in [6.45, 7) is 4.27. The number of aliphatic hydroxyl groups excluding tert-OH is 1. The number of nitriles is 1. The number of benzene rings is 1. The zero-order chi connectivity index (χ0) is 15.0. The normalized spacial score (nSPS) is 10.2. The molecule has 1 amide bonds. The molecule has 0 aliphatic carbocycles. The van der Waals surface area contributed by atoms with E-state index in [0.717, 1.165) is 0 Å². The summed E-state index contributed by atoms with van der Waals surface area (Å²) in [4.78, 5) is 13.8. The molecule has 0 saturated carbocycles. The topological polar surface area (TPSA) is 73.6 Å². The summed E-state index contributed by atoms with van der Waals surface area (Å²) < 4.78 is 5.42. The number of hydrogen-bond acceptors (Lipinski definition) is 4. The maximum Gasteiger partial charge on any atom is 0.260 e. The van der Waals surface area contributed by atoms with Gasteiger partial charge in [-0.15, -0.1) is 0 Å². The molecule has 1 aromatic rings. The number of hydrogen-bond donors (Lipinski definition) is 1. The monoisotopic (exact) mass is 276 g/mol. The van der Waals surface area contributed by atoms with Gasteiger partial charge < -0.3 is 14.7 Å². The Labute approximate surface area is 119 Å². The fourth-order valence-electron chi connectivity index (χ4n) is 1.82. The molecule has 0 saturated heterocycles. The molecule has 0 aliphatic heterocycles. The first kappa shape index (κ1) is 16.0. The van der Waals surface area contributed by atoms with Crippen LogP contribution in [0.5, 0.6) is 5.75 Å². The summed E-state index contributed by atoms with van der Waals surface area (Å²) in [7, 11) is 0. The van der Waals surface area contributed by atoms with Crippen molar-refractivity contribution in [2.24, 2.45) is 0 Å². The molecule has 0 spiro atoms. The van der Waals surface area contributed by atoms with Crippen molar-refractivity contribution < 1.29 is 14.6 Å². The summed E-state index contributed by atoms with van der Waals surface area (Å²) in [6.07, 6.45) is 0.540. The lowest BCUT2D eigenvalue weighted by atomic mass is 10.2. The first-order chi connectivity index (χ1) is 9.60. The minimum Gasteiger partial charge on any atom is -0.482 e. The van der Waals surface area contributed by atoms with Crippen LogP contribution in [0.2, 0.25) is 0 Å². The second-order valence-corrected chi connectivity index (χ2v) is 4.65. The van der Waals surface area contributed by atoms with Crippen molar-refractivity contribution in [2.45, 2.75) is 26.3 Å². The molecule has 0 fully saturated rings. The van der Waals surface area contributed by atoms with Crippen molar-refractivity contribution >= 4 is 5.91 Å². The molecule has 1 N–H and O–H groups in total. The van der Waals surface area contributed by atoms with Crippen molar-refractivity contribution in [3.63, 3.8) is 0 Å². The highest BCUT2D eigenvalue weighted by Gasteiger charge is 2.17. The Bertz CT molecular complexity index is 480. The lowest BCUT2D eigenvalue weighted by molar-refractivity contribution is -0.135. The molecule has 0 bridgehead atoms. The van der Waals surface area contributed by atoms with E-state index in [0.29, 0.717) is 24.3 Å². The van der Waals surface area contributed by atoms with Crippen molar-refractivity contribution in [2.75, 3.05) is 19.8 Å². The Hall–Kier alpha value is -2.06. The van der Waals surface area contributed by atoms with E-state index in [4.69, 9.17) is 15.1 Å². The summed E-state index contributed by atoms with van der Waals surface area (Å²) in [5.41, 5.74) is 0.409. The van der Waals surface area contributed by atoms with Crippen LogP contribution >= 0.6 is 0 Å². The maximum absolute atomic E-state index is 12.1. The second-order valence-electron chi connectivity index (χ2n) is 4.65. The van der Waals surface area contributed by atoms with Crippen LogP contribution in [0, 0.1) is 11.3 Å². The van der Waals surface area contributed by atoms with Gasteiger partial charge in [0.2, 0.25) is 0 Å². The van der Waals surface area contributed by atoms with E-state index in [1.807, 2.05) is 19.9 Å². The zero-order valence-electron chi connectivity index (χ0n) is 11.9. The SMILES string of the molecule is CC(C)N(CCCO)C(=O)COc1ccccc1C#N. The molecule has 0 unspecified atom stereocenters. The van der Waals surface area contributed by atoms with Crippen molar-refractivity contribution in [3.8, 4) is 11.8 Å². The largest absolute Gasteiger partial charge is 0.482 e. The smallest absolute Gasteiger partial charge is 0.260 e. The molecule has 0 radical (unpaired) electrons. The Balaban J connectivity index is 2.63. The van der Waals surface area contributed by atoms with Gasteiger partial charge in [-0.1, -0.05) is 12.1 Å². The summed E-state index contributed by atoms with van der Waals surface area (Å²) >= 11 is 0. The van der Waals surface area contributed by atoms with E-state index in [-0.39, 0.29) is 25.2 Å². The summed E-state index contributed by atoms with van der Waals surface area (Å²) in [6, 6.07) is 8.88. The van der Waals surface area contributed by atoms with Gasteiger partial charge >= 0.3 is 0 Å². The van der Waals surface area contributed by atoms with E-state index in [2.05, 4.69) is 0 Å². The number of amides is 1. The van der Waals surface area contributed by atoms with E-state index in [9.17, 15) is 4.79 Å². The van der Waals surface area contributed by atoms with E-state index in [1.165, 1.54) is 0 Å². The third kappa shape index (κ3) is 4.56. The molecule has 20 heavy (non-hydrogen) atoms. The van der Waals surface area contributed by atoms with Crippen molar-refractivity contribution in [1.82, 2.24) is 4.90 Å². The molecule has 108 valence electrons. The third-order valence-electron chi connectivity index (χ3n) is 2.86. The lowest BCUT2D eigenvalue weighted by Crippen LogP contribution is -2.40. The molecular weight excluding hydrogens is 256 g/mol. The Morgan fingerprint density at radius 2 is 2.15 bits per heavy atom. The minimum atomic E-state index is -0.152. The first-order valence-corrected chi connectivity index (χ1v) is 6.62. The van der Waals surface area contributed by atoms with Crippen molar-refractivity contribution in [3.05, 3.63) is 29.8 Å². The fraction of sp³-hybridized carbons (Fsp3) is 0.467. The average molecular weight is 276 g/mol. The van der Waals surface area contributed by atoms with Crippen LogP contribution in [-0.2, 0) is 4.79 Å². The Morgan fingerprint density at radius 1 is 1.45 bits per heavy atom. The van der Waals surface area contributed by atoms with Crippen molar-refractivity contribution in [1.29, 1.82) is 5.26 Å². The second kappa shape index (κ2) is 8.18. The highest BCUT2D eigenvalue weighted by atomic mass is 16.5. The Morgan fingerprint density at radius 3 is 2.75 bits per heavy atom. The highest BCUT2D eigenvalue weighted by Crippen LogP contribution is 2.16. The van der Waals surface area contributed by atoms with E-state index < -0.39 is 0 Å². The van der Waals surface area contributed by atoms with E-state index in [1.54, 1.807) is 29.2 Å². The van der Waals surface area contributed by atoms with Gasteiger partial charge in [-0.05, 0) is 32.4 Å². The molecule has 5 nitrogen and oxygen atoms in total. The summed E-state index contributed by atoms with van der Waals surface area (Å²) in [5.74, 6) is 0.260. The quantitative estimate of drug-likeness (QED) is 0.820.